The van der Waals surface area contributed by atoms with E-state index in [0.29, 0.717) is 0 Å². The van der Waals surface area contributed by atoms with Crippen molar-refractivity contribution >= 4 is 17.0 Å². The third-order valence-electron chi connectivity index (χ3n) is 2.61. The van der Waals surface area contributed by atoms with Gasteiger partial charge in [0.2, 0.25) is 0 Å². The van der Waals surface area contributed by atoms with Crippen LogP contribution in [0.15, 0.2) is 42.9 Å². The summed E-state index contributed by atoms with van der Waals surface area (Å²) in [5, 5.41) is 16.7. The highest BCUT2D eigenvalue weighted by atomic mass is 16.4. The summed E-state index contributed by atoms with van der Waals surface area (Å²) < 4.78 is 1.62. The van der Waals surface area contributed by atoms with Crippen LogP contribution in [0.1, 0.15) is 10.4 Å². The van der Waals surface area contributed by atoms with E-state index in [-0.39, 0.29) is 11.4 Å². The number of para-hydroxylation sites is 2. The summed E-state index contributed by atoms with van der Waals surface area (Å²) >= 11 is 0. The highest BCUT2D eigenvalue weighted by molar-refractivity contribution is 5.92. The molecule has 0 saturated carbocycles. The van der Waals surface area contributed by atoms with Gasteiger partial charge in [0.25, 0.3) is 0 Å². The van der Waals surface area contributed by atoms with Gasteiger partial charge in [-0.15, -0.1) is 5.10 Å². The molecule has 0 fully saturated rings. The average Bonchev–Trinajstić information content (AvgIpc) is 2.82. The molecule has 0 bridgehead atoms. The van der Waals surface area contributed by atoms with Crippen LogP contribution in [0.3, 0.4) is 0 Å². The molecule has 18 heavy (non-hydrogen) atoms. The zero-order chi connectivity index (χ0) is 12.5. The van der Waals surface area contributed by atoms with Crippen molar-refractivity contribution in [3.63, 3.8) is 0 Å². The number of carboxylic acid groups (broad SMARTS) is 1. The number of fused-ring (bicyclic) bond motifs is 1. The minimum absolute atomic E-state index is 0.0909. The molecule has 0 aliphatic heterocycles. The van der Waals surface area contributed by atoms with Crippen molar-refractivity contribution in [2.24, 2.45) is 0 Å². The summed E-state index contributed by atoms with van der Waals surface area (Å²) in [4.78, 5) is 15.3. The molecule has 2 aromatic heterocycles. The van der Waals surface area contributed by atoms with Crippen molar-refractivity contribution in [2.75, 3.05) is 0 Å². The molecule has 0 atom stereocenters. The number of hydrogen-bond acceptors (Lipinski definition) is 4. The van der Waals surface area contributed by atoms with Crippen LogP contribution in [0.5, 0.6) is 0 Å². The van der Waals surface area contributed by atoms with Gasteiger partial charge in [0.15, 0.2) is 5.82 Å². The topological polar surface area (TPSA) is 80.9 Å². The van der Waals surface area contributed by atoms with E-state index in [0.717, 1.165) is 11.0 Å². The summed E-state index contributed by atoms with van der Waals surface area (Å²) in [7, 11) is 0. The smallest absolute Gasteiger partial charge is 0.339 e. The van der Waals surface area contributed by atoms with E-state index in [4.69, 9.17) is 5.11 Å². The lowest BCUT2D eigenvalue weighted by Gasteiger charge is -2.05. The molecule has 0 aliphatic rings. The Morgan fingerprint density at radius 2 is 2.06 bits per heavy atom. The van der Waals surface area contributed by atoms with Gasteiger partial charge in [0.05, 0.1) is 17.2 Å². The Bertz CT molecular complexity index is 736. The van der Waals surface area contributed by atoms with E-state index in [2.05, 4.69) is 15.2 Å². The number of aromatic carboxylic acids is 1. The van der Waals surface area contributed by atoms with Crippen molar-refractivity contribution in [1.82, 2.24) is 19.7 Å². The number of benzene rings is 1. The molecule has 0 unspecified atom stereocenters. The number of carbonyl (C=O) groups is 1. The largest absolute Gasteiger partial charge is 0.478 e. The SMILES string of the molecule is O=C(O)c1ccnnc1-n1cnc2ccccc21. The van der Waals surface area contributed by atoms with Crippen molar-refractivity contribution in [3.05, 3.63) is 48.4 Å². The van der Waals surface area contributed by atoms with Gasteiger partial charge in [-0.2, -0.15) is 5.10 Å². The number of imidazole rings is 1. The molecule has 6 heteroatoms. The molecular weight excluding hydrogens is 232 g/mol. The maximum atomic E-state index is 11.2. The van der Waals surface area contributed by atoms with Crippen molar-refractivity contribution < 1.29 is 9.90 Å². The summed E-state index contributed by atoms with van der Waals surface area (Å²) in [5.41, 5.74) is 1.66. The first kappa shape index (κ1) is 10.4. The van der Waals surface area contributed by atoms with Gasteiger partial charge < -0.3 is 5.11 Å². The predicted molar refractivity (Wildman–Crippen MR) is 63.6 cm³/mol. The molecule has 0 amide bonds. The van der Waals surface area contributed by atoms with E-state index in [9.17, 15) is 4.79 Å². The van der Waals surface area contributed by atoms with Gasteiger partial charge in [-0.3, -0.25) is 4.57 Å². The highest BCUT2D eigenvalue weighted by Gasteiger charge is 2.15. The summed E-state index contributed by atoms with van der Waals surface area (Å²) in [6.45, 7) is 0. The monoisotopic (exact) mass is 240 g/mol. The first-order valence-electron chi connectivity index (χ1n) is 5.25. The maximum Gasteiger partial charge on any atom is 0.339 e. The van der Waals surface area contributed by atoms with Gasteiger partial charge in [0, 0.05) is 0 Å². The van der Waals surface area contributed by atoms with Crippen molar-refractivity contribution in [2.45, 2.75) is 0 Å². The Balaban J connectivity index is 2.30. The minimum atomic E-state index is -1.04. The van der Waals surface area contributed by atoms with Crippen LogP contribution in [0.25, 0.3) is 16.9 Å². The van der Waals surface area contributed by atoms with Crippen LogP contribution in [0.4, 0.5) is 0 Å². The van der Waals surface area contributed by atoms with Crippen LogP contribution < -0.4 is 0 Å². The highest BCUT2D eigenvalue weighted by Crippen LogP contribution is 2.18. The fraction of sp³-hybridized carbons (Fsp3) is 0. The molecule has 0 saturated heterocycles. The molecule has 3 rings (SSSR count). The Kier molecular flexibility index (Phi) is 2.26. The minimum Gasteiger partial charge on any atom is -0.478 e. The first-order chi connectivity index (χ1) is 8.77. The fourth-order valence-electron chi connectivity index (χ4n) is 1.80. The van der Waals surface area contributed by atoms with Crippen molar-refractivity contribution in [1.29, 1.82) is 0 Å². The van der Waals surface area contributed by atoms with Crippen LogP contribution in [0, 0.1) is 0 Å². The second kappa shape index (κ2) is 3.92. The third-order valence-corrected chi connectivity index (χ3v) is 2.61. The van der Waals surface area contributed by atoms with Gasteiger partial charge in [-0.05, 0) is 18.2 Å². The van der Waals surface area contributed by atoms with Gasteiger partial charge in [-0.25, -0.2) is 9.78 Å². The standard InChI is InChI=1S/C12H8N4O2/c17-12(18)8-5-6-14-15-11(8)16-7-13-9-3-1-2-4-10(9)16/h1-7H,(H,17,18). The number of carboxylic acids is 1. The van der Waals surface area contributed by atoms with Crippen LogP contribution in [-0.4, -0.2) is 30.8 Å². The molecule has 3 aromatic rings. The van der Waals surface area contributed by atoms with E-state index < -0.39 is 5.97 Å². The molecule has 0 aliphatic carbocycles. The van der Waals surface area contributed by atoms with Gasteiger partial charge >= 0.3 is 5.97 Å². The van der Waals surface area contributed by atoms with Gasteiger partial charge in [-0.1, -0.05) is 12.1 Å². The Morgan fingerprint density at radius 3 is 2.89 bits per heavy atom. The number of aromatic nitrogens is 4. The average molecular weight is 240 g/mol. The second-order valence-corrected chi connectivity index (χ2v) is 3.68. The molecule has 0 radical (unpaired) electrons. The third kappa shape index (κ3) is 1.51. The molecule has 6 nitrogen and oxygen atoms in total. The zero-order valence-electron chi connectivity index (χ0n) is 9.19. The quantitative estimate of drug-likeness (QED) is 0.734. The second-order valence-electron chi connectivity index (χ2n) is 3.68. The Labute approximate surface area is 102 Å². The van der Waals surface area contributed by atoms with Crippen LogP contribution in [-0.2, 0) is 0 Å². The number of rotatable bonds is 2. The lowest BCUT2D eigenvalue weighted by Crippen LogP contribution is -2.08. The molecule has 2 heterocycles. The molecular formula is C12H8N4O2. The first-order valence-corrected chi connectivity index (χ1v) is 5.25. The van der Waals surface area contributed by atoms with Crippen molar-refractivity contribution in [3.8, 4) is 5.82 Å². The number of hydrogen-bond donors (Lipinski definition) is 1. The summed E-state index contributed by atoms with van der Waals surface area (Å²) in [5.74, 6) is -0.781. The molecule has 1 N–H and O–H groups in total. The van der Waals surface area contributed by atoms with E-state index in [1.54, 1.807) is 10.9 Å². The summed E-state index contributed by atoms with van der Waals surface area (Å²) in [6, 6.07) is 8.84. The number of nitrogens with zero attached hydrogens (tertiary/aromatic N) is 4. The van der Waals surface area contributed by atoms with E-state index >= 15 is 0 Å². The van der Waals surface area contributed by atoms with Crippen LogP contribution >= 0.6 is 0 Å². The Morgan fingerprint density at radius 1 is 1.22 bits per heavy atom. The van der Waals surface area contributed by atoms with Gasteiger partial charge in [0.1, 0.15) is 11.9 Å². The molecule has 0 spiro atoms. The lowest BCUT2D eigenvalue weighted by molar-refractivity contribution is 0.0696. The summed E-state index contributed by atoms with van der Waals surface area (Å²) in [6.07, 6.45) is 2.90. The predicted octanol–water partition coefficient (Wildman–Crippen LogP) is 1.51. The fourth-order valence-corrected chi connectivity index (χ4v) is 1.80. The molecule has 1 aromatic carbocycles. The zero-order valence-corrected chi connectivity index (χ0v) is 9.19. The van der Waals surface area contributed by atoms with E-state index in [1.165, 1.54) is 12.3 Å². The lowest BCUT2D eigenvalue weighted by atomic mass is 10.2. The van der Waals surface area contributed by atoms with E-state index in [1.807, 2.05) is 24.3 Å². The Hall–Kier alpha value is -2.76. The normalized spacial score (nSPS) is 10.7. The maximum absolute atomic E-state index is 11.2. The molecule has 88 valence electrons. The van der Waals surface area contributed by atoms with Crippen LogP contribution in [0.2, 0.25) is 0 Å².